The smallest absolute Gasteiger partial charge is 0.326 e. The lowest BCUT2D eigenvalue weighted by atomic mass is 10.1. The number of aliphatic carboxylic acids is 6. The maximum atomic E-state index is 11.8. The zero-order valence-electron chi connectivity index (χ0n) is 44.5. The van der Waals surface area contributed by atoms with Crippen molar-refractivity contribution in [1.29, 1.82) is 0 Å². The molecule has 0 aromatic heterocycles. The van der Waals surface area contributed by atoms with Crippen LogP contribution >= 0.6 is 23.5 Å². The average Bonchev–Trinajstić information content (AvgIpc) is 3.29. The lowest BCUT2D eigenvalue weighted by Gasteiger charge is -2.17. The Labute approximate surface area is 435 Å². The van der Waals surface area contributed by atoms with Crippen molar-refractivity contribution >= 4 is 71.2 Å². The van der Waals surface area contributed by atoms with Crippen LogP contribution in [-0.4, -0.2) is 154 Å². The van der Waals surface area contributed by atoms with Gasteiger partial charge in [-0.05, 0) is 52.0 Å². The van der Waals surface area contributed by atoms with E-state index in [1.54, 1.807) is 51.2 Å². The van der Waals surface area contributed by atoms with Gasteiger partial charge in [-0.25, -0.2) is 9.59 Å². The fourth-order valence-corrected chi connectivity index (χ4v) is 6.33. The molecule has 0 radical (unpaired) electrons. The second kappa shape index (κ2) is 57.2. The minimum absolute atomic E-state index is 0. The second-order valence-electron chi connectivity index (χ2n) is 16.8. The number of nitrogens with two attached hydrogens (primary N) is 2. The number of ether oxygens (including phenoxy) is 2. The number of hydrogen-bond donors (Lipinski definition) is 10. The highest BCUT2D eigenvalue weighted by Gasteiger charge is 2.24. The van der Waals surface area contributed by atoms with Gasteiger partial charge in [-0.3, -0.25) is 28.8 Å². The Hall–Kier alpha value is -3.70. The summed E-state index contributed by atoms with van der Waals surface area (Å²) in [5.74, 6) is -5.48. The van der Waals surface area contributed by atoms with Gasteiger partial charge in [0.25, 0.3) is 0 Å². The summed E-state index contributed by atoms with van der Waals surface area (Å²) in [5, 5.41) is 56.3. The first-order chi connectivity index (χ1) is 32.8. The minimum Gasteiger partial charge on any atom is -0.481 e. The van der Waals surface area contributed by atoms with Crippen LogP contribution in [0, 0.1) is 23.7 Å². The Morgan fingerprint density at radius 3 is 0.831 bits per heavy atom. The Morgan fingerprint density at radius 1 is 0.437 bits per heavy atom. The van der Waals surface area contributed by atoms with Crippen LogP contribution < -0.4 is 22.1 Å². The van der Waals surface area contributed by atoms with Crippen molar-refractivity contribution in [3.05, 3.63) is 0 Å². The highest BCUT2D eigenvalue weighted by atomic mass is 32.2. The summed E-state index contributed by atoms with van der Waals surface area (Å²) in [7, 11) is 2.97. The summed E-state index contributed by atoms with van der Waals surface area (Å²) >= 11 is 3.11. The number of carboxylic acid groups (broad SMARTS) is 6. The maximum Gasteiger partial charge on any atom is 0.326 e. The number of rotatable bonds is 34. The van der Waals surface area contributed by atoms with Crippen LogP contribution in [0.5, 0.6) is 0 Å². The summed E-state index contributed by atoms with van der Waals surface area (Å²) in [4.78, 5) is 85.9. The van der Waals surface area contributed by atoms with Gasteiger partial charge in [0.05, 0.1) is 49.0 Å². The molecule has 0 saturated carbocycles. The summed E-state index contributed by atoms with van der Waals surface area (Å²) in [5.41, 5.74) is 11.5. The Balaban J connectivity index is -0.000000146. The van der Waals surface area contributed by atoms with Crippen LogP contribution in [0.25, 0.3) is 0 Å². The summed E-state index contributed by atoms with van der Waals surface area (Å²) < 4.78 is 9.17. The van der Waals surface area contributed by atoms with Crippen LogP contribution in [0.3, 0.4) is 0 Å². The Bertz CT molecular complexity index is 1210. The van der Waals surface area contributed by atoms with Crippen LogP contribution in [0.15, 0.2) is 0 Å². The molecule has 0 saturated heterocycles. The van der Waals surface area contributed by atoms with Gasteiger partial charge in [0.1, 0.15) is 12.1 Å². The quantitative estimate of drug-likeness (QED) is 0.0278. The zero-order valence-corrected chi connectivity index (χ0v) is 46.1. The molecule has 0 heterocycles. The normalized spacial score (nSPS) is 13.4. The molecule has 0 rings (SSSR count). The predicted molar refractivity (Wildman–Crippen MR) is 286 cm³/mol. The SMILES string of the molecule is C.CCCCCC(N)C(=O)NC(CCCCC)C(=O)O.CCCCCC(N)C(=O)NC(CCCCC)C(=O)O.COCC(C)C(=O)O.COCC(C)C(=O)O.CSCC(C)C(=O)O.CSCC(C)C(=O)O. The molecule has 424 valence electrons. The summed E-state index contributed by atoms with van der Waals surface area (Å²) in [6.07, 6.45) is 17.6. The minimum atomic E-state index is -0.981. The maximum absolute atomic E-state index is 11.8. The van der Waals surface area contributed by atoms with Crippen molar-refractivity contribution in [2.45, 2.75) is 190 Å². The molecular formula is C49H100N4O16S2. The highest BCUT2D eigenvalue weighted by Crippen LogP contribution is 2.08. The number of hydrogen-bond acceptors (Lipinski definition) is 14. The molecule has 8 atom stereocenters. The molecular weight excluding hydrogens is 965 g/mol. The number of nitrogens with one attached hydrogen (secondary N) is 2. The van der Waals surface area contributed by atoms with E-state index in [4.69, 9.17) is 42.1 Å². The Morgan fingerprint density at radius 2 is 0.676 bits per heavy atom. The van der Waals surface area contributed by atoms with E-state index >= 15 is 0 Å². The first-order valence-corrected chi connectivity index (χ1v) is 27.0. The molecule has 0 aliphatic carbocycles. The fourth-order valence-electron chi connectivity index (χ4n) is 5.05. The van der Waals surface area contributed by atoms with Crippen LogP contribution in [0.1, 0.15) is 166 Å². The number of thioether (sulfide) groups is 2. The van der Waals surface area contributed by atoms with Gasteiger partial charge >= 0.3 is 35.8 Å². The van der Waals surface area contributed by atoms with E-state index in [9.17, 15) is 38.4 Å². The van der Waals surface area contributed by atoms with Gasteiger partial charge in [0, 0.05) is 25.7 Å². The predicted octanol–water partition coefficient (Wildman–Crippen LogP) is 7.57. The standard InChI is InChI=1S/2C14H28N2O3.2C5H10O3.2C5H10O2S.CH4/c2*1-3-5-7-9-11(15)13(17)16-12(14(18)19)10-8-6-4-2;4*1-4(3-8-2)5(6)7;/h2*11-12H,3-10,15H2,1-2H3,(H,16,17)(H,18,19);4*4H,3H2,1-2H3,(H,6,7);1H4. The van der Waals surface area contributed by atoms with Crippen molar-refractivity contribution in [1.82, 2.24) is 10.6 Å². The third kappa shape index (κ3) is 58.8. The van der Waals surface area contributed by atoms with Gasteiger partial charge in [-0.15, -0.1) is 0 Å². The van der Waals surface area contributed by atoms with Gasteiger partial charge in [-0.1, -0.05) is 126 Å². The molecule has 2 amide bonds. The number of methoxy groups -OCH3 is 2. The molecule has 8 unspecified atom stereocenters. The number of amides is 2. The van der Waals surface area contributed by atoms with E-state index in [1.165, 1.54) is 14.2 Å². The van der Waals surface area contributed by atoms with E-state index < -0.39 is 60.0 Å². The topological polar surface area (TPSA) is 352 Å². The van der Waals surface area contributed by atoms with E-state index in [2.05, 4.69) is 47.8 Å². The van der Waals surface area contributed by atoms with Crippen molar-refractivity contribution in [2.24, 2.45) is 35.1 Å². The van der Waals surface area contributed by atoms with Crippen molar-refractivity contribution in [2.75, 3.05) is 51.5 Å². The van der Waals surface area contributed by atoms with Crippen molar-refractivity contribution in [3.63, 3.8) is 0 Å². The average molecular weight is 1070 g/mol. The number of unbranched alkanes of at least 4 members (excludes halogenated alkanes) is 8. The molecule has 0 aromatic rings. The zero-order chi connectivity index (χ0) is 55.6. The largest absolute Gasteiger partial charge is 0.481 e. The van der Waals surface area contributed by atoms with Gasteiger partial charge in [-0.2, -0.15) is 23.5 Å². The van der Waals surface area contributed by atoms with Gasteiger partial charge in [0.15, 0.2) is 0 Å². The second-order valence-corrected chi connectivity index (χ2v) is 18.6. The van der Waals surface area contributed by atoms with E-state index in [-0.39, 0.29) is 56.1 Å². The number of carboxylic acids is 6. The molecule has 0 spiro atoms. The molecule has 0 aliphatic rings. The lowest BCUT2D eigenvalue weighted by Crippen LogP contribution is -2.48. The van der Waals surface area contributed by atoms with Gasteiger partial charge < -0.3 is 62.2 Å². The first kappa shape index (κ1) is 81.4. The molecule has 0 bridgehead atoms. The van der Waals surface area contributed by atoms with Crippen LogP contribution in [0.4, 0.5) is 0 Å². The van der Waals surface area contributed by atoms with E-state index in [0.29, 0.717) is 37.2 Å². The number of carbonyl (C=O) groups is 8. The lowest BCUT2D eigenvalue weighted by molar-refractivity contribution is -0.143. The molecule has 22 heteroatoms. The van der Waals surface area contributed by atoms with Gasteiger partial charge in [0.2, 0.25) is 11.8 Å². The van der Waals surface area contributed by atoms with Crippen molar-refractivity contribution in [3.8, 4) is 0 Å². The van der Waals surface area contributed by atoms with E-state index in [1.807, 2.05) is 12.5 Å². The molecule has 0 aromatic carbocycles. The monoisotopic (exact) mass is 1060 g/mol. The van der Waals surface area contributed by atoms with Crippen molar-refractivity contribution < 1.29 is 78.5 Å². The van der Waals surface area contributed by atoms with Crippen LogP contribution in [0.2, 0.25) is 0 Å². The summed E-state index contributed by atoms with van der Waals surface area (Å²) in [6, 6.07) is -2.81. The third-order valence-electron chi connectivity index (χ3n) is 9.69. The first-order valence-electron chi connectivity index (χ1n) is 24.2. The molecule has 71 heavy (non-hydrogen) atoms. The fraction of sp³-hybridized carbons (Fsp3) is 0.837. The molecule has 0 fully saturated rings. The number of carbonyl (C=O) groups excluding carboxylic acids is 2. The highest BCUT2D eigenvalue weighted by molar-refractivity contribution is 7.98. The molecule has 20 nitrogen and oxygen atoms in total. The molecule has 12 N–H and O–H groups in total. The molecule has 0 aliphatic heterocycles. The third-order valence-corrected chi connectivity index (χ3v) is 11.4. The summed E-state index contributed by atoms with van der Waals surface area (Å²) in [6.45, 7) is 15.5. The van der Waals surface area contributed by atoms with E-state index in [0.717, 1.165) is 77.0 Å². The Kier molecular flexibility index (Phi) is 65.6. The van der Waals surface area contributed by atoms with Crippen LogP contribution in [-0.2, 0) is 47.8 Å².